The van der Waals surface area contributed by atoms with Gasteiger partial charge in [0.2, 0.25) is 0 Å². The Bertz CT molecular complexity index is 2540. The van der Waals surface area contributed by atoms with Crippen LogP contribution in [0.5, 0.6) is 0 Å². The van der Waals surface area contributed by atoms with Gasteiger partial charge in [-0.2, -0.15) is 0 Å². The van der Waals surface area contributed by atoms with Gasteiger partial charge in [-0.15, -0.1) is 0 Å². The molecule has 0 amide bonds. The summed E-state index contributed by atoms with van der Waals surface area (Å²) in [5, 5.41) is 7.14. The van der Waals surface area contributed by atoms with Crippen LogP contribution in [0.1, 0.15) is 0 Å². The van der Waals surface area contributed by atoms with Crippen molar-refractivity contribution in [2.24, 2.45) is 0 Å². The predicted molar refractivity (Wildman–Crippen MR) is 194 cm³/mol. The molecule has 1 heterocycles. The van der Waals surface area contributed by atoms with Gasteiger partial charge in [0.25, 0.3) is 0 Å². The zero-order valence-electron chi connectivity index (χ0n) is 25.1. The van der Waals surface area contributed by atoms with Crippen molar-refractivity contribution in [3.05, 3.63) is 176 Å². The first-order valence-corrected chi connectivity index (χ1v) is 15.7. The average Bonchev–Trinajstić information content (AvgIpc) is 3.48. The number of benzene rings is 8. The van der Waals surface area contributed by atoms with Crippen LogP contribution in [0.2, 0.25) is 0 Å². The second-order valence-corrected chi connectivity index (χ2v) is 11.8. The van der Waals surface area contributed by atoms with E-state index in [1.807, 2.05) is 0 Å². The van der Waals surface area contributed by atoms with Gasteiger partial charge in [0.15, 0.2) is 0 Å². The zero-order chi connectivity index (χ0) is 30.5. The Hall–Kier alpha value is -6.12. The number of fused-ring (bicyclic) bond motifs is 5. The van der Waals surface area contributed by atoms with Gasteiger partial charge < -0.3 is 9.32 Å². The highest BCUT2D eigenvalue weighted by Gasteiger charge is 2.18. The molecule has 8 aromatic carbocycles. The second kappa shape index (κ2) is 10.8. The lowest BCUT2D eigenvalue weighted by Crippen LogP contribution is -2.11. The molecule has 0 N–H and O–H groups in total. The van der Waals surface area contributed by atoms with Gasteiger partial charge in [-0.25, -0.2) is 0 Å². The molecule has 0 bridgehead atoms. The molecule has 46 heavy (non-hydrogen) atoms. The van der Waals surface area contributed by atoms with Crippen molar-refractivity contribution in [1.29, 1.82) is 0 Å². The van der Waals surface area contributed by atoms with Crippen LogP contribution in [0.15, 0.2) is 180 Å². The normalized spacial score (nSPS) is 11.5. The SMILES string of the molecule is c1ccc(N(c2cccc(-c3ccc4ccccc4c3)c2)c2ccccc2-c2ccc3oc4cc5ccccc5cc4c3c2)cc1. The first-order valence-electron chi connectivity index (χ1n) is 15.7. The molecular weight excluding hydrogens is 558 g/mol. The topological polar surface area (TPSA) is 16.4 Å². The fraction of sp³-hybridized carbons (Fsp3) is 0. The fourth-order valence-electron chi connectivity index (χ4n) is 6.74. The van der Waals surface area contributed by atoms with E-state index in [0.717, 1.165) is 50.1 Å². The van der Waals surface area contributed by atoms with Gasteiger partial charge in [-0.3, -0.25) is 0 Å². The van der Waals surface area contributed by atoms with Crippen LogP contribution in [0.4, 0.5) is 17.1 Å². The third-order valence-electron chi connectivity index (χ3n) is 9.00. The van der Waals surface area contributed by atoms with E-state index in [0.29, 0.717) is 0 Å². The maximum Gasteiger partial charge on any atom is 0.136 e. The molecule has 0 unspecified atom stereocenters. The standard InChI is InChI=1S/C44H29NO/c1-2-16-37(17-3-1)45(38-18-10-15-32(26-38)35-22-21-30-11-4-5-12-31(30)25-35)42-20-9-8-19-39(42)36-23-24-43-40(28-36)41-27-33-13-6-7-14-34(33)29-44(41)46-43/h1-29H. The van der Waals surface area contributed by atoms with Gasteiger partial charge in [0, 0.05) is 27.7 Å². The molecule has 2 nitrogen and oxygen atoms in total. The maximum atomic E-state index is 6.34. The van der Waals surface area contributed by atoms with Gasteiger partial charge in [-0.05, 0) is 98.9 Å². The lowest BCUT2D eigenvalue weighted by molar-refractivity contribution is 0.669. The number of hydrogen-bond acceptors (Lipinski definition) is 2. The Morgan fingerprint density at radius 2 is 0.978 bits per heavy atom. The van der Waals surface area contributed by atoms with Gasteiger partial charge in [0.1, 0.15) is 11.2 Å². The molecule has 0 aliphatic heterocycles. The molecule has 9 aromatic rings. The van der Waals surface area contributed by atoms with E-state index in [4.69, 9.17) is 4.42 Å². The lowest BCUT2D eigenvalue weighted by Gasteiger charge is -2.28. The molecule has 216 valence electrons. The number of anilines is 3. The molecule has 0 radical (unpaired) electrons. The summed E-state index contributed by atoms with van der Waals surface area (Å²) in [7, 11) is 0. The van der Waals surface area contributed by atoms with E-state index in [-0.39, 0.29) is 0 Å². The van der Waals surface area contributed by atoms with Crippen LogP contribution in [-0.4, -0.2) is 0 Å². The van der Waals surface area contributed by atoms with Crippen molar-refractivity contribution in [2.75, 3.05) is 4.90 Å². The summed E-state index contributed by atoms with van der Waals surface area (Å²) in [5.74, 6) is 0. The zero-order valence-corrected chi connectivity index (χ0v) is 25.1. The smallest absolute Gasteiger partial charge is 0.136 e. The largest absolute Gasteiger partial charge is 0.456 e. The molecule has 9 rings (SSSR count). The molecule has 1 aromatic heterocycles. The lowest BCUT2D eigenvalue weighted by atomic mass is 9.98. The maximum absolute atomic E-state index is 6.34. The first kappa shape index (κ1) is 26.3. The molecular formula is C44H29NO. The van der Waals surface area contributed by atoms with E-state index in [1.54, 1.807) is 0 Å². The highest BCUT2D eigenvalue weighted by Crippen LogP contribution is 2.43. The Labute approximate surface area is 267 Å². The van der Waals surface area contributed by atoms with E-state index < -0.39 is 0 Å². The Kier molecular flexibility index (Phi) is 6.17. The number of hydrogen-bond donors (Lipinski definition) is 0. The summed E-state index contributed by atoms with van der Waals surface area (Å²) in [4.78, 5) is 2.37. The van der Waals surface area contributed by atoms with Crippen LogP contribution < -0.4 is 4.90 Å². The van der Waals surface area contributed by atoms with E-state index in [1.165, 1.54) is 32.7 Å². The molecule has 0 fully saturated rings. The van der Waals surface area contributed by atoms with Crippen molar-refractivity contribution >= 4 is 60.5 Å². The molecule has 0 aliphatic rings. The summed E-state index contributed by atoms with van der Waals surface area (Å²) < 4.78 is 6.34. The van der Waals surface area contributed by atoms with Crippen molar-refractivity contribution < 1.29 is 4.42 Å². The van der Waals surface area contributed by atoms with Crippen LogP contribution in [0.3, 0.4) is 0 Å². The summed E-state index contributed by atoms with van der Waals surface area (Å²) in [6, 6.07) is 62.8. The average molecular weight is 588 g/mol. The number of rotatable bonds is 5. The van der Waals surface area contributed by atoms with Crippen molar-refractivity contribution in [2.45, 2.75) is 0 Å². The number of furan rings is 1. The van der Waals surface area contributed by atoms with Crippen molar-refractivity contribution in [1.82, 2.24) is 0 Å². The predicted octanol–water partition coefficient (Wildman–Crippen LogP) is 12.7. The molecule has 0 atom stereocenters. The van der Waals surface area contributed by atoms with Crippen LogP contribution in [0, 0.1) is 0 Å². The molecule has 0 saturated carbocycles. The summed E-state index contributed by atoms with van der Waals surface area (Å²) in [6.45, 7) is 0. The van der Waals surface area contributed by atoms with Crippen molar-refractivity contribution in [3.63, 3.8) is 0 Å². The minimum Gasteiger partial charge on any atom is -0.456 e. The van der Waals surface area contributed by atoms with Crippen LogP contribution in [-0.2, 0) is 0 Å². The van der Waals surface area contributed by atoms with E-state index in [2.05, 4.69) is 181 Å². The second-order valence-electron chi connectivity index (χ2n) is 11.8. The molecule has 0 aliphatic carbocycles. The highest BCUT2D eigenvalue weighted by atomic mass is 16.3. The Balaban J connectivity index is 1.21. The third kappa shape index (κ3) is 4.51. The van der Waals surface area contributed by atoms with Crippen LogP contribution in [0.25, 0.3) is 65.7 Å². The van der Waals surface area contributed by atoms with Crippen LogP contribution >= 0.6 is 0 Å². The number of nitrogens with zero attached hydrogens (tertiary/aromatic N) is 1. The summed E-state index contributed by atoms with van der Waals surface area (Å²) >= 11 is 0. The fourth-order valence-corrected chi connectivity index (χ4v) is 6.74. The van der Waals surface area contributed by atoms with Gasteiger partial charge in [-0.1, -0.05) is 115 Å². The minimum absolute atomic E-state index is 0.898. The Morgan fingerprint density at radius 3 is 1.83 bits per heavy atom. The van der Waals surface area contributed by atoms with Gasteiger partial charge >= 0.3 is 0 Å². The van der Waals surface area contributed by atoms with E-state index >= 15 is 0 Å². The molecule has 0 spiro atoms. The first-order chi connectivity index (χ1) is 22.8. The quantitative estimate of drug-likeness (QED) is 0.199. The third-order valence-corrected chi connectivity index (χ3v) is 9.00. The molecule has 2 heteroatoms. The van der Waals surface area contributed by atoms with Gasteiger partial charge in [0.05, 0.1) is 5.69 Å². The highest BCUT2D eigenvalue weighted by molar-refractivity contribution is 6.11. The molecule has 0 saturated heterocycles. The summed E-state index contributed by atoms with van der Waals surface area (Å²) in [6.07, 6.45) is 0. The monoisotopic (exact) mass is 587 g/mol. The minimum atomic E-state index is 0.898. The number of para-hydroxylation sites is 2. The van der Waals surface area contributed by atoms with E-state index in [9.17, 15) is 0 Å². The Morgan fingerprint density at radius 1 is 0.348 bits per heavy atom. The summed E-state index contributed by atoms with van der Waals surface area (Å²) in [5.41, 5.74) is 9.81. The van der Waals surface area contributed by atoms with Crippen molar-refractivity contribution in [3.8, 4) is 22.3 Å².